The van der Waals surface area contributed by atoms with Crippen LogP contribution < -0.4 is 10.1 Å². The Bertz CT molecular complexity index is 836. The Morgan fingerprint density at radius 3 is 2.48 bits per heavy atom. The van der Waals surface area contributed by atoms with Gasteiger partial charge in [0.05, 0.1) is 19.3 Å². The number of nitrogens with one attached hydrogen (secondary N) is 1. The molecule has 1 amide bonds. The van der Waals surface area contributed by atoms with Gasteiger partial charge >= 0.3 is 6.18 Å². The lowest BCUT2D eigenvalue weighted by Crippen LogP contribution is -2.48. The number of anilines is 1. The maximum Gasteiger partial charge on any atom is 0.433 e. The predicted molar refractivity (Wildman–Crippen MR) is 103 cm³/mol. The number of aromatic nitrogens is 1. The first-order valence-electron chi connectivity index (χ1n) is 9.25. The van der Waals surface area contributed by atoms with Crippen LogP contribution in [0, 0.1) is 0 Å². The molecular formula is C20H23F3N4O2. The zero-order chi connectivity index (χ0) is 20.9. The van der Waals surface area contributed by atoms with Crippen molar-refractivity contribution in [1.29, 1.82) is 0 Å². The molecule has 0 spiro atoms. The van der Waals surface area contributed by atoms with Crippen LogP contribution >= 0.6 is 0 Å². The van der Waals surface area contributed by atoms with Crippen molar-refractivity contribution in [2.75, 3.05) is 45.2 Å². The molecule has 3 rings (SSSR count). The van der Waals surface area contributed by atoms with Crippen molar-refractivity contribution in [1.82, 2.24) is 14.8 Å². The van der Waals surface area contributed by atoms with E-state index in [2.05, 4.69) is 10.3 Å². The van der Waals surface area contributed by atoms with Crippen molar-refractivity contribution in [2.24, 2.45) is 0 Å². The van der Waals surface area contributed by atoms with Crippen molar-refractivity contribution >= 4 is 11.6 Å². The average molecular weight is 408 g/mol. The van der Waals surface area contributed by atoms with Gasteiger partial charge in [0.2, 0.25) is 5.91 Å². The molecule has 9 heteroatoms. The van der Waals surface area contributed by atoms with Gasteiger partial charge in [0, 0.05) is 38.9 Å². The van der Waals surface area contributed by atoms with Gasteiger partial charge in [-0.15, -0.1) is 0 Å². The normalized spacial score (nSPS) is 15.9. The molecule has 0 atom stereocenters. The summed E-state index contributed by atoms with van der Waals surface area (Å²) in [5.41, 5.74) is -0.0594. The number of carbonyl (C=O) groups is 1. The standard InChI is InChI=1S/C20H23F3N4O2/c1-29-17-7-3-2-6-16(17)25-18(28)14-27-11-9-26(10-12-27)13-15-5-4-8-24-19(15)20(21,22)23/h2-8H,9-14H2,1H3,(H,25,28). The van der Waals surface area contributed by atoms with Crippen LogP contribution in [0.25, 0.3) is 0 Å². The van der Waals surface area contributed by atoms with Gasteiger partial charge in [-0.2, -0.15) is 13.2 Å². The molecule has 1 aliphatic rings. The van der Waals surface area contributed by atoms with Crippen LogP contribution in [-0.2, 0) is 17.5 Å². The Hall–Kier alpha value is -2.65. The van der Waals surface area contributed by atoms with Gasteiger partial charge < -0.3 is 10.1 Å². The van der Waals surface area contributed by atoms with Crippen LogP contribution in [0.15, 0.2) is 42.6 Å². The first-order valence-corrected chi connectivity index (χ1v) is 9.25. The molecule has 1 aliphatic heterocycles. The largest absolute Gasteiger partial charge is 0.495 e. The van der Waals surface area contributed by atoms with E-state index in [0.717, 1.165) is 6.20 Å². The molecular weight excluding hydrogens is 385 g/mol. The Morgan fingerprint density at radius 2 is 1.79 bits per heavy atom. The van der Waals surface area contributed by atoms with E-state index < -0.39 is 11.9 Å². The minimum absolute atomic E-state index is 0.158. The Labute approximate surface area is 167 Å². The number of piperazine rings is 1. The first-order chi connectivity index (χ1) is 13.9. The third kappa shape index (κ3) is 5.68. The summed E-state index contributed by atoms with van der Waals surface area (Å²) in [5, 5.41) is 2.83. The van der Waals surface area contributed by atoms with Crippen LogP contribution in [0.1, 0.15) is 11.3 Å². The lowest BCUT2D eigenvalue weighted by Gasteiger charge is -2.34. The van der Waals surface area contributed by atoms with E-state index in [0.29, 0.717) is 37.6 Å². The van der Waals surface area contributed by atoms with E-state index in [4.69, 9.17) is 4.74 Å². The highest BCUT2D eigenvalue weighted by molar-refractivity contribution is 5.93. The van der Waals surface area contributed by atoms with Crippen LogP contribution in [0.5, 0.6) is 5.75 Å². The van der Waals surface area contributed by atoms with Crippen molar-refractivity contribution < 1.29 is 22.7 Å². The highest BCUT2D eigenvalue weighted by atomic mass is 19.4. The quantitative estimate of drug-likeness (QED) is 0.797. The smallest absolute Gasteiger partial charge is 0.433 e. The van der Waals surface area contributed by atoms with Gasteiger partial charge in [-0.25, -0.2) is 0 Å². The van der Waals surface area contributed by atoms with Crippen LogP contribution in [0.2, 0.25) is 0 Å². The molecule has 1 saturated heterocycles. The molecule has 2 heterocycles. The lowest BCUT2D eigenvalue weighted by molar-refractivity contribution is -0.142. The second-order valence-corrected chi connectivity index (χ2v) is 6.81. The van der Waals surface area contributed by atoms with Gasteiger partial charge in [0.1, 0.15) is 11.4 Å². The van der Waals surface area contributed by atoms with Gasteiger partial charge in [-0.1, -0.05) is 18.2 Å². The fourth-order valence-electron chi connectivity index (χ4n) is 3.31. The molecule has 0 saturated carbocycles. The molecule has 1 aromatic carbocycles. The molecule has 156 valence electrons. The number of nitrogens with zero attached hydrogens (tertiary/aromatic N) is 3. The number of rotatable bonds is 6. The number of para-hydroxylation sites is 2. The Morgan fingerprint density at radius 1 is 1.10 bits per heavy atom. The average Bonchev–Trinajstić information content (AvgIpc) is 2.69. The summed E-state index contributed by atoms with van der Waals surface area (Å²) < 4.78 is 44.5. The number of ether oxygens (including phenoxy) is 1. The highest BCUT2D eigenvalue weighted by Crippen LogP contribution is 2.30. The fraction of sp³-hybridized carbons (Fsp3) is 0.400. The van der Waals surface area contributed by atoms with Crippen molar-refractivity contribution in [3.05, 3.63) is 53.9 Å². The fourth-order valence-corrected chi connectivity index (χ4v) is 3.31. The number of hydrogen-bond donors (Lipinski definition) is 1. The number of carbonyl (C=O) groups excluding carboxylic acids is 1. The molecule has 29 heavy (non-hydrogen) atoms. The van der Waals surface area contributed by atoms with E-state index in [-0.39, 0.29) is 24.6 Å². The van der Waals surface area contributed by atoms with Crippen LogP contribution in [-0.4, -0.2) is 60.5 Å². The summed E-state index contributed by atoms with van der Waals surface area (Å²) in [6.45, 7) is 2.75. The van der Waals surface area contributed by atoms with E-state index in [1.165, 1.54) is 19.2 Å². The van der Waals surface area contributed by atoms with Crippen molar-refractivity contribution in [2.45, 2.75) is 12.7 Å². The molecule has 1 aromatic heterocycles. The summed E-state index contributed by atoms with van der Waals surface area (Å²) in [4.78, 5) is 19.7. The maximum atomic E-state index is 13.1. The summed E-state index contributed by atoms with van der Waals surface area (Å²) in [6, 6.07) is 10.1. The third-order valence-electron chi connectivity index (χ3n) is 4.77. The summed E-state index contributed by atoms with van der Waals surface area (Å²) in [7, 11) is 1.54. The number of methoxy groups -OCH3 is 1. The van der Waals surface area contributed by atoms with Gasteiger partial charge in [0.15, 0.2) is 0 Å². The number of pyridine rings is 1. The minimum atomic E-state index is -4.46. The van der Waals surface area contributed by atoms with Crippen LogP contribution in [0.3, 0.4) is 0 Å². The SMILES string of the molecule is COc1ccccc1NC(=O)CN1CCN(Cc2cccnc2C(F)(F)F)CC1. The zero-order valence-corrected chi connectivity index (χ0v) is 16.1. The number of benzene rings is 1. The predicted octanol–water partition coefficient (Wildman–Crippen LogP) is 2.87. The molecule has 2 aromatic rings. The summed E-state index contributed by atoms with van der Waals surface area (Å²) in [5.74, 6) is 0.428. The number of halogens is 3. The Kier molecular flexibility index (Phi) is 6.71. The summed E-state index contributed by atoms with van der Waals surface area (Å²) in [6.07, 6.45) is -3.31. The molecule has 0 bridgehead atoms. The molecule has 0 radical (unpaired) electrons. The second-order valence-electron chi connectivity index (χ2n) is 6.81. The third-order valence-corrected chi connectivity index (χ3v) is 4.77. The van der Waals surface area contributed by atoms with E-state index in [9.17, 15) is 18.0 Å². The van der Waals surface area contributed by atoms with Gasteiger partial charge in [0.25, 0.3) is 0 Å². The van der Waals surface area contributed by atoms with E-state index in [1.54, 1.807) is 12.1 Å². The van der Waals surface area contributed by atoms with E-state index >= 15 is 0 Å². The Balaban J connectivity index is 1.50. The molecule has 1 fully saturated rings. The van der Waals surface area contributed by atoms with Gasteiger partial charge in [-0.05, 0) is 23.8 Å². The number of alkyl halides is 3. The zero-order valence-electron chi connectivity index (χ0n) is 16.1. The van der Waals surface area contributed by atoms with Crippen LogP contribution in [0.4, 0.5) is 18.9 Å². The molecule has 0 aliphatic carbocycles. The lowest BCUT2D eigenvalue weighted by atomic mass is 10.1. The topological polar surface area (TPSA) is 57.7 Å². The molecule has 0 unspecified atom stereocenters. The molecule has 6 nitrogen and oxygen atoms in total. The van der Waals surface area contributed by atoms with E-state index in [1.807, 2.05) is 21.9 Å². The number of amides is 1. The maximum absolute atomic E-state index is 13.1. The van der Waals surface area contributed by atoms with Crippen molar-refractivity contribution in [3.63, 3.8) is 0 Å². The monoisotopic (exact) mass is 408 g/mol. The first kappa shape index (κ1) is 21.1. The number of hydrogen-bond acceptors (Lipinski definition) is 5. The molecule has 1 N–H and O–H groups in total. The minimum Gasteiger partial charge on any atom is -0.495 e. The summed E-state index contributed by atoms with van der Waals surface area (Å²) >= 11 is 0. The van der Waals surface area contributed by atoms with Gasteiger partial charge in [-0.3, -0.25) is 19.6 Å². The van der Waals surface area contributed by atoms with Crippen molar-refractivity contribution in [3.8, 4) is 5.75 Å². The second kappa shape index (κ2) is 9.23. The highest BCUT2D eigenvalue weighted by Gasteiger charge is 2.35.